The predicted octanol–water partition coefficient (Wildman–Crippen LogP) is 2.89. The molecule has 16 heavy (non-hydrogen) atoms. The molecule has 0 saturated carbocycles. The molecular weight excluding hydrogens is 218 g/mol. The summed E-state index contributed by atoms with van der Waals surface area (Å²) in [6, 6.07) is 8.23. The molecule has 1 aromatic carbocycles. The Kier molecular flexibility index (Phi) is 3.59. The molecule has 0 bridgehead atoms. The second-order valence-electron chi connectivity index (χ2n) is 4.29. The third-order valence-electron chi connectivity index (χ3n) is 2.72. The first-order valence-electron chi connectivity index (χ1n) is 5.47. The third-order valence-corrected chi connectivity index (χ3v) is 3.70. The summed E-state index contributed by atoms with van der Waals surface area (Å²) in [5.41, 5.74) is 1.06. The van der Waals surface area contributed by atoms with Crippen LogP contribution in [0.1, 0.15) is 18.1 Å². The molecule has 1 aromatic heterocycles. The van der Waals surface area contributed by atoms with Gasteiger partial charge in [0.15, 0.2) is 0 Å². The van der Waals surface area contributed by atoms with Gasteiger partial charge in [0.25, 0.3) is 0 Å². The number of benzene rings is 1. The first-order valence-corrected chi connectivity index (χ1v) is 6.35. The number of rotatable bonds is 4. The molecule has 0 saturated heterocycles. The normalized spacial score (nSPS) is 13.5. The van der Waals surface area contributed by atoms with Gasteiger partial charge in [-0.3, -0.25) is 0 Å². The zero-order valence-corrected chi connectivity index (χ0v) is 10.5. The zero-order valence-electron chi connectivity index (χ0n) is 9.68. The van der Waals surface area contributed by atoms with E-state index >= 15 is 0 Å². The second kappa shape index (κ2) is 4.95. The molecule has 0 aliphatic rings. The number of aliphatic hydroxyl groups is 1. The van der Waals surface area contributed by atoms with Crippen molar-refractivity contribution in [3.8, 4) is 0 Å². The highest BCUT2D eigenvalue weighted by Gasteiger charge is 2.11. The van der Waals surface area contributed by atoms with Gasteiger partial charge >= 0.3 is 0 Å². The highest BCUT2D eigenvalue weighted by molar-refractivity contribution is 7.17. The molecule has 0 radical (unpaired) electrons. The van der Waals surface area contributed by atoms with Gasteiger partial charge in [0.1, 0.15) is 0 Å². The molecule has 86 valence electrons. The lowest BCUT2D eigenvalue weighted by molar-refractivity contribution is 0.156. The minimum Gasteiger partial charge on any atom is -0.388 e. The van der Waals surface area contributed by atoms with E-state index in [1.165, 1.54) is 10.1 Å². The Labute approximate surface area is 100 Å². The van der Waals surface area contributed by atoms with Crippen molar-refractivity contribution in [1.82, 2.24) is 4.90 Å². The van der Waals surface area contributed by atoms with E-state index < -0.39 is 0 Å². The zero-order chi connectivity index (χ0) is 11.5. The summed E-state index contributed by atoms with van der Waals surface area (Å²) in [6.07, 6.45) is 0.425. The van der Waals surface area contributed by atoms with Crippen molar-refractivity contribution >= 4 is 21.4 Å². The van der Waals surface area contributed by atoms with Crippen molar-refractivity contribution < 1.29 is 5.11 Å². The molecule has 1 atom stereocenters. The summed E-state index contributed by atoms with van der Waals surface area (Å²) >= 11 is 1.70. The van der Waals surface area contributed by atoms with Crippen LogP contribution in [0, 0.1) is 0 Å². The van der Waals surface area contributed by atoms with Crippen LogP contribution >= 0.6 is 11.3 Å². The predicted molar refractivity (Wildman–Crippen MR) is 70.0 cm³/mol. The fraction of sp³-hybridized carbons (Fsp3) is 0.385. The number of thiophene rings is 1. The van der Waals surface area contributed by atoms with Gasteiger partial charge in [-0.25, -0.2) is 0 Å². The topological polar surface area (TPSA) is 23.5 Å². The Morgan fingerprint density at radius 2 is 2.12 bits per heavy atom. The van der Waals surface area contributed by atoms with E-state index in [0.29, 0.717) is 0 Å². The highest BCUT2D eigenvalue weighted by Crippen LogP contribution is 2.30. The van der Waals surface area contributed by atoms with E-state index in [9.17, 15) is 5.11 Å². The number of hydrogen-bond acceptors (Lipinski definition) is 3. The maximum atomic E-state index is 10.2. The molecule has 3 heteroatoms. The lowest BCUT2D eigenvalue weighted by atomic mass is 10.0. The van der Waals surface area contributed by atoms with Crippen molar-refractivity contribution in [2.24, 2.45) is 0 Å². The molecule has 1 heterocycles. The number of hydrogen-bond donors (Lipinski definition) is 1. The molecule has 0 aliphatic heterocycles. The molecule has 0 fully saturated rings. The van der Waals surface area contributed by atoms with Crippen LogP contribution in [0.2, 0.25) is 0 Å². The van der Waals surface area contributed by atoms with E-state index in [0.717, 1.165) is 18.5 Å². The number of aliphatic hydroxyl groups excluding tert-OH is 1. The van der Waals surface area contributed by atoms with Gasteiger partial charge in [0.2, 0.25) is 0 Å². The van der Waals surface area contributed by atoms with Crippen LogP contribution < -0.4 is 0 Å². The van der Waals surface area contributed by atoms with Crippen molar-refractivity contribution in [3.63, 3.8) is 0 Å². The van der Waals surface area contributed by atoms with Crippen LogP contribution in [0.5, 0.6) is 0 Å². The Bertz CT molecular complexity index is 464. The van der Waals surface area contributed by atoms with Crippen molar-refractivity contribution in [1.29, 1.82) is 0 Å². The first-order chi connectivity index (χ1) is 7.68. The average Bonchev–Trinajstić information content (AvgIpc) is 2.73. The summed E-state index contributed by atoms with van der Waals surface area (Å²) in [7, 11) is 4.05. The third kappa shape index (κ3) is 2.43. The summed E-state index contributed by atoms with van der Waals surface area (Å²) in [5.74, 6) is 0. The van der Waals surface area contributed by atoms with Crippen LogP contribution in [0.25, 0.3) is 10.1 Å². The van der Waals surface area contributed by atoms with E-state index in [-0.39, 0.29) is 6.10 Å². The molecule has 1 N–H and O–H groups in total. The van der Waals surface area contributed by atoms with Crippen molar-refractivity contribution in [2.75, 3.05) is 20.6 Å². The van der Waals surface area contributed by atoms with Gasteiger partial charge in [0, 0.05) is 11.2 Å². The van der Waals surface area contributed by atoms with E-state index in [1.807, 2.05) is 26.2 Å². The maximum Gasteiger partial charge on any atom is 0.0816 e. The lowest BCUT2D eigenvalue weighted by Gasteiger charge is -2.15. The fourth-order valence-electron chi connectivity index (χ4n) is 1.81. The van der Waals surface area contributed by atoms with Gasteiger partial charge in [-0.15, -0.1) is 11.3 Å². The first kappa shape index (κ1) is 11.6. The maximum absolute atomic E-state index is 10.2. The fourth-order valence-corrected chi connectivity index (χ4v) is 2.78. The Morgan fingerprint density at radius 3 is 2.88 bits per heavy atom. The highest BCUT2D eigenvalue weighted by atomic mass is 32.1. The van der Waals surface area contributed by atoms with Crippen LogP contribution in [0.3, 0.4) is 0 Å². The summed E-state index contributed by atoms with van der Waals surface area (Å²) in [5, 5.41) is 13.5. The standard InChI is InChI=1S/C13H17NOS/c1-14(2)8-6-12(15)11-5-3-4-10-7-9-16-13(10)11/h3-5,7,9,12,15H,6,8H2,1-2H3. The Balaban J connectivity index is 2.22. The molecular formula is C13H17NOS. The molecule has 1 unspecified atom stereocenters. The van der Waals surface area contributed by atoms with E-state index in [1.54, 1.807) is 11.3 Å². The van der Waals surface area contributed by atoms with E-state index in [4.69, 9.17) is 0 Å². The van der Waals surface area contributed by atoms with Crippen LogP contribution in [0.4, 0.5) is 0 Å². The van der Waals surface area contributed by atoms with Crippen LogP contribution in [-0.2, 0) is 0 Å². The monoisotopic (exact) mass is 235 g/mol. The molecule has 0 aliphatic carbocycles. The quantitative estimate of drug-likeness (QED) is 0.881. The van der Waals surface area contributed by atoms with Crippen LogP contribution in [-0.4, -0.2) is 30.6 Å². The van der Waals surface area contributed by atoms with E-state index in [2.05, 4.69) is 22.4 Å². The minimum atomic E-state index is -0.357. The van der Waals surface area contributed by atoms with Gasteiger partial charge < -0.3 is 10.0 Å². The van der Waals surface area contributed by atoms with Gasteiger partial charge in [0.05, 0.1) is 6.10 Å². The van der Waals surface area contributed by atoms with Crippen molar-refractivity contribution in [3.05, 3.63) is 35.2 Å². The SMILES string of the molecule is CN(C)CCC(O)c1cccc2ccsc12. The number of fused-ring (bicyclic) bond motifs is 1. The molecule has 0 amide bonds. The average molecular weight is 235 g/mol. The summed E-state index contributed by atoms with van der Waals surface area (Å²) in [6.45, 7) is 0.906. The molecule has 2 aromatic rings. The summed E-state index contributed by atoms with van der Waals surface area (Å²) < 4.78 is 1.22. The van der Waals surface area contributed by atoms with Crippen molar-refractivity contribution in [2.45, 2.75) is 12.5 Å². The van der Waals surface area contributed by atoms with Gasteiger partial charge in [-0.1, -0.05) is 18.2 Å². The second-order valence-corrected chi connectivity index (χ2v) is 5.21. The van der Waals surface area contributed by atoms with Crippen LogP contribution in [0.15, 0.2) is 29.6 Å². The summed E-state index contributed by atoms with van der Waals surface area (Å²) in [4.78, 5) is 2.10. The molecule has 0 spiro atoms. The molecule has 2 nitrogen and oxygen atoms in total. The molecule has 2 rings (SSSR count). The Hall–Kier alpha value is -0.900. The largest absolute Gasteiger partial charge is 0.388 e. The van der Waals surface area contributed by atoms with Gasteiger partial charge in [-0.2, -0.15) is 0 Å². The lowest BCUT2D eigenvalue weighted by Crippen LogP contribution is -2.15. The minimum absolute atomic E-state index is 0.357. The smallest absolute Gasteiger partial charge is 0.0816 e. The Morgan fingerprint density at radius 1 is 1.31 bits per heavy atom. The van der Waals surface area contributed by atoms with Gasteiger partial charge in [-0.05, 0) is 42.9 Å². The number of nitrogens with zero attached hydrogens (tertiary/aromatic N) is 1.